The van der Waals surface area contributed by atoms with Gasteiger partial charge in [-0.2, -0.15) is 0 Å². The van der Waals surface area contributed by atoms with Gasteiger partial charge in [-0.1, -0.05) is 13.8 Å². The Balaban J connectivity index is 3.02. The van der Waals surface area contributed by atoms with Crippen LogP contribution < -0.4 is 15.2 Å². The van der Waals surface area contributed by atoms with Gasteiger partial charge >= 0.3 is 5.97 Å². The minimum Gasteiger partial charge on any atom is -0.496 e. The molecule has 134 valence electrons. The second-order valence-electron chi connectivity index (χ2n) is 5.74. The van der Waals surface area contributed by atoms with Gasteiger partial charge in [0.15, 0.2) is 0 Å². The summed E-state index contributed by atoms with van der Waals surface area (Å²) in [7, 11) is -2.65. The number of carboxylic acid groups (broad SMARTS) is 1. The normalized spacial score (nSPS) is 12.8. The zero-order valence-electron chi connectivity index (χ0n) is 13.8. The lowest BCUT2D eigenvalue weighted by atomic mass is 9.98. The molecule has 0 heterocycles. The molecule has 0 radical (unpaired) electrons. The molecule has 0 saturated carbocycles. The second-order valence-corrected chi connectivity index (χ2v) is 7.51. The Bertz CT molecular complexity index is 715. The monoisotopic (exact) mass is 358 g/mol. The number of benzene rings is 1. The van der Waals surface area contributed by atoms with Crippen molar-refractivity contribution < 1.29 is 27.9 Å². The van der Waals surface area contributed by atoms with E-state index in [2.05, 4.69) is 4.72 Å². The maximum Gasteiger partial charge on any atom is 0.307 e. The number of nitrogens with one attached hydrogen (secondary N) is 1. The molecule has 0 fully saturated rings. The Kier molecular flexibility index (Phi) is 6.73. The first-order valence-corrected chi connectivity index (χ1v) is 8.77. The molecule has 0 saturated heterocycles. The number of primary amides is 1. The van der Waals surface area contributed by atoms with E-state index in [9.17, 15) is 18.0 Å². The number of sulfonamides is 1. The molecule has 0 spiro atoms. The lowest BCUT2D eigenvalue weighted by Crippen LogP contribution is -2.33. The summed E-state index contributed by atoms with van der Waals surface area (Å²) in [5.74, 6) is -2.47. The highest BCUT2D eigenvalue weighted by Gasteiger charge is 2.24. The maximum absolute atomic E-state index is 12.3. The summed E-state index contributed by atoms with van der Waals surface area (Å²) in [5, 5.41) is 9.16. The maximum atomic E-state index is 12.3. The Hall–Kier alpha value is -2.13. The van der Waals surface area contributed by atoms with Crippen molar-refractivity contribution >= 4 is 21.9 Å². The topological polar surface area (TPSA) is 136 Å². The molecule has 4 N–H and O–H groups in total. The molecule has 0 aliphatic rings. The van der Waals surface area contributed by atoms with E-state index in [4.69, 9.17) is 15.6 Å². The van der Waals surface area contributed by atoms with Crippen LogP contribution in [-0.4, -0.2) is 39.1 Å². The number of hydrogen-bond donors (Lipinski definition) is 3. The van der Waals surface area contributed by atoms with Gasteiger partial charge in [0.05, 0.1) is 23.5 Å². The average molecular weight is 358 g/mol. The van der Waals surface area contributed by atoms with Crippen molar-refractivity contribution in [2.75, 3.05) is 13.7 Å². The van der Waals surface area contributed by atoms with Gasteiger partial charge in [-0.15, -0.1) is 0 Å². The van der Waals surface area contributed by atoms with Crippen molar-refractivity contribution in [3.63, 3.8) is 0 Å². The number of methoxy groups -OCH3 is 1. The third-order valence-corrected chi connectivity index (χ3v) is 4.79. The lowest BCUT2D eigenvalue weighted by molar-refractivity contribution is -0.142. The van der Waals surface area contributed by atoms with Gasteiger partial charge in [-0.25, -0.2) is 13.1 Å². The van der Waals surface area contributed by atoms with Gasteiger partial charge in [-0.3, -0.25) is 9.59 Å². The molecule has 0 aliphatic heterocycles. The van der Waals surface area contributed by atoms with E-state index in [0.29, 0.717) is 6.42 Å². The zero-order valence-corrected chi connectivity index (χ0v) is 14.6. The van der Waals surface area contributed by atoms with Crippen LogP contribution in [-0.2, 0) is 14.8 Å². The quantitative estimate of drug-likeness (QED) is 0.598. The van der Waals surface area contributed by atoms with E-state index in [1.54, 1.807) is 0 Å². The van der Waals surface area contributed by atoms with Gasteiger partial charge in [-0.05, 0) is 30.5 Å². The minimum absolute atomic E-state index is 0.0719. The van der Waals surface area contributed by atoms with Gasteiger partial charge in [0.2, 0.25) is 10.0 Å². The summed E-state index contributed by atoms with van der Waals surface area (Å²) in [6, 6.07) is 3.67. The van der Waals surface area contributed by atoms with Crippen molar-refractivity contribution in [2.45, 2.75) is 25.2 Å². The zero-order chi connectivity index (χ0) is 18.5. The van der Waals surface area contributed by atoms with Gasteiger partial charge in [0, 0.05) is 6.54 Å². The van der Waals surface area contributed by atoms with Gasteiger partial charge in [0.25, 0.3) is 5.91 Å². The summed E-state index contributed by atoms with van der Waals surface area (Å²) in [6.07, 6.45) is 0.340. The Morgan fingerprint density at radius 1 is 1.33 bits per heavy atom. The fourth-order valence-electron chi connectivity index (χ4n) is 2.18. The van der Waals surface area contributed by atoms with Gasteiger partial charge < -0.3 is 15.6 Å². The van der Waals surface area contributed by atoms with Crippen molar-refractivity contribution in [2.24, 2.45) is 17.6 Å². The molecule has 1 unspecified atom stereocenters. The molecule has 0 aromatic heterocycles. The van der Waals surface area contributed by atoms with Crippen molar-refractivity contribution in [3.05, 3.63) is 23.8 Å². The predicted octanol–water partition coefficient (Wildman–Crippen LogP) is 0.819. The molecule has 1 amide bonds. The summed E-state index contributed by atoms with van der Waals surface area (Å²) in [6.45, 7) is 3.47. The highest BCUT2D eigenvalue weighted by Crippen LogP contribution is 2.22. The molecule has 8 nitrogen and oxygen atoms in total. The minimum atomic E-state index is -3.98. The summed E-state index contributed by atoms with van der Waals surface area (Å²) < 4.78 is 31.9. The summed E-state index contributed by atoms with van der Waals surface area (Å²) in [4.78, 5) is 22.4. The first-order chi connectivity index (χ1) is 11.1. The molecule has 0 bridgehead atoms. The van der Waals surface area contributed by atoms with Crippen LogP contribution in [0.1, 0.15) is 30.6 Å². The standard InChI is InChI=1S/C15H22N2O6S/c1-9(2)6-10(15(19)20)8-17-24(21,22)11-4-5-13(23-3)12(7-11)14(16)18/h4-5,7,9-10,17H,6,8H2,1-3H3,(H2,16,18)(H,19,20). The largest absolute Gasteiger partial charge is 0.496 e. The molecular formula is C15H22N2O6S. The van der Waals surface area contributed by atoms with E-state index in [-0.39, 0.29) is 28.7 Å². The molecule has 1 aromatic carbocycles. The molecular weight excluding hydrogens is 336 g/mol. The highest BCUT2D eigenvalue weighted by atomic mass is 32.2. The molecule has 1 aromatic rings. The van der Waals surface area contributed by atoms with Crippen LogP contribution in [0, 0.1) is 11.8 Å². The number of carbonyl (C=O) groups excluding carboxylic acids is 1. The number of carboxylic acids is 1. The van der Waals surface area contributed by atoms with E-state index in [1.807, 2.05) is 13.8 Å². The third-order valence-electron chi connectivity index (χ3n) is 3.37. The van der Waals surface area contributed by atoms with Crippen LogP contribution in [0.2, 0.25) is 0 Å². The Morgan fingerprint density at radius 2 is 1.96 bits per heavy atom. The van der Waals surface area contributed by atoms with E-state index >= 15 is 0 Å². The molecule has 9 heteroatoms. The van der Waals surface area contributed by atoms with Crippen molar-refractivity contribution in [1.29, 1.82) is 0 Å². The smallest absolute Gasteiger partial charge is 0.307 e. The van der Waals surface area contributed by atoms with Crippen LogP contribution in [0.3, 0.4) is 0 Å². The first-order valence-electron chi connectivity index (χ1n) is 7.28. The number of ether oxygens (including phenoxy) is 1. The number of nitrogens with two attached hydrogens (primary N) is 1. The van der Waals surface area contributed by atoms with E-state index in [0.717, 1.165) is 6.07 Å². The van der Waals surface area contributed by atoms with Gasteiger partial charge in [0.1, 0.15) is 5.75 Å². The Morgan fingerprint density at radius 3 is 2.42 bits per heavy atom. The van der Waals surface area contributed by atoms with Crippen LogP contribution in [0.15, 0.2) is 23.1 Å². The first kappa shape index (κ1) is 19.9. The molecule has 24 heavy (non-hydrogen) atoms. The second kappa shape index (κ2) is 8.11. The van der Waals surface area contributed by atoms with Crippen LogP contribution in [0.4, 0.5) is 0 Å². The molecule has 1 atom stereocenters. The number of aliphatic carboxylic acids is 1. The molecule has 1 rings (SSSR count). The summed E-state index contributed by atoms with van der Waals surface area (Å²) in [5.41, 5.74) is 5.14. The fraction of sp³-hybridized carbons (Fsp3) is 0.467. The van der Waals surface area contributed by atoms with E-state index < -0.39 is 27.8 Å². The van der Waals surface area contributed by atoms with E-state index in [1.165, 1.54) is 19.2 Å². The van der Waals surface area contributed by atoms with Crippen LogP contribution >= 0.6 is 0 Å². The number of hydrogen-bond acceptors (Lipinski definition) is 5. The SMILES string of the molecule is COc1ccc(S(=O)(=O)NCC(CC(C)C)C(=O)O)cc1C(N)=O. The predicted molar refractivity (Wildman–Crippen MR) is 87.3 cm³/mol. The fourth-order valence-corrected chi connectivity index (χ4v) is 3.29. The van der Waals surface area contributed by atoms with Crippen molar-refractivity contribution in [1.82, 2.24) is 4.72 Å². The van der Waals surface area contributed by atoms with Crippen molar-refractivity contribution in [3.8, 4) is 5.75 Å². The average Bonchev–Trinajstić information content (AvgIpc) is 2.50. The molecule has 0 aliphatic carbocycles. The summed E-state index contributed by atoms with van der Waals surface area (Å²) >= 11 is 0. The Labute approximate surface area is 141 Å². The number of carbonyl (C=O) groups is 2. The highest BCUT2D eigenvalue weighted by molar-refractivity contribution is 7.89. The van der Waals surface area contributed by atoms with Crippen LogP contribution in [0.5, 0.6) is 5.75 Å². The van der Waals surface area contributed by atoms with Crippen LogP contribution in [0.25, 0.3) is 0 Å². The number of amides is 1. The third kappa shape index (κ3) is 5.20. The lowest BCUT2D eigenvalue weighted by Gasteiger charge is -2.16. The number of rotatable bonds is 9.